The molecule has 2 heterocycles. The molecule has 3 rings (SSSR count). The van der Waals surface area contributed by atoms with E-state index in [1.807, 2.05) is 0 Å². The number of aromatic nitrogens is 4. The van der Waals surface area contributed by atoms with Gasteiger partial charge in [-0.1, -0.05) is 19.3 Å². The molecule has 0 spiro atoms. The van der Waals surface area contributed by atoms with Gasteiger partial charge < -0.3 is 9.47 Å². The minimum absolute atomic E-state index is 0.0152. The van der Waals surface area contributed by atoms with Crippen LogP contribution in [0.5, 0.6) is 0 Å². The Balaban J connectivity index is 0.000000257. The molecule has 190 valence electrons. The van der Waals surface area contributed by atoms with Gasteiger partial charge in [0.05, 0.1) is 25.5 Å². The molecule has 8 nitrogen and oxygen atoms in total. The number of ether oxygens (including phenoxy) is 2. The summed E-state index contributed by atoms with van der Waals surface area (Å²) in [7, 11) is 0. The highest BCUT2D eigenvalue weighted by atomic mass is 19.4. The summed E-state index contributed by atoms with van der Waals surface area (Å²) in [6.07, 6.45) is -2.68. The number of rotatable bonds is 5. The van der Waals surface area contributed by atoms with Gasteiger partial charge in [0.15, 0.2) is 11.4 Å². The van der Waals surface area contributed by atoms with Crippen LogP contribution in [0.4, 0.5) is 26.3 Å². The van der Waals surface area contributed by atoms with Crippen LogP contribution in [0.2, 0.25) is 0 Å². The lowest BCUT2D eigenvalue weighted by atomic mass is 9.96. The summed E-state index contributed by atoms with van der Waals surface area (Å²) in [4.78, 5) is 22.6. The van der Waals surface area contributed by atoms with Crippen molar-refractivity contribution in [2.75, 3.05) is 13.2 Å². The molecule has 0 unspecified atom stereocenters. The monoisotopic (exact) mass is 498 g/mol. The van der Waals surface area contributed by atoms with E-state index in [0.29, 0.717) is 0 Å². The number of nitrogens with zero attached hydrogens (tertiary/aromatic N) is 3. The Morgan fingerprint density at radius 2 is 1.53 bits per heavy atom. The first-order valence-electron chi connectivity index (χ1n) is 10.5. The van der Waals surface area contributed by atoms with Crippen LogP contribution in [0.1, 0.15) is 84.1 Å². The van der Waals surface area contributed by atoms with E-state index in [1.54, 1.807) is 12.0 Å². The SMILES string of the molecule is CCOC(=O)c1cn(C2CCCCC2)nc1C(F)(F)F.CCOC(=O)c1cn[nH]c1C(F)(F)F. The fourth-order valence-electron chi connectivity index (χ4n) is 3.36. The molecule has 2 aromatic rings. The molecule has 1 fully saturated rings. The maximum absolute atomic E-state index is 12.9. The summed E-state index contributed by atoms with van der Waals surface area (Å²) < 4.78 is 85.8. The first-order chi connectivity index (χ1) is 15.9. The molecule has 1 N–H and O–H groups in total. The Bertz CT molecular complexity index is 961. The van der Waals surface area contributed by atoms with E-state index in [1.165, 1.54) is 17.8 Å². The van der Waals surface area contributed by atoms with Gasteiger partial charge in [0, 0.05) is 6.20 Å². The molecule has 0 aromatic carbocycles. The van der Waals surface area contributed by atoms with Crippen LogP contribution in [-0.2, 0) is 21.8 Å². The number of carbonyl (C=O) groups is 2. The third-order valence-electron chi connectivity index (χ3n) is 4.86. The molecule has 0 radical (unpaired) electrons. The summed E-state index contributed by atoms with van der Waals surface area (Å²) in [5.41, 5.74) is -3.43. The van der Waals surface area contributed by atoms with Gasteiger partial charge in [0.2, 0.25) is 0 Å². The number of H-pyrrole nitrogens is 1. The zero-order valence-corrected chi connectivity index (χ0v) is 18.4. The number of aromatic amines is 1. The van der Waals surface area contributed by atoms with Gasteiger partial charge in [0.25, 0.3) is 0 Å². The molecule has 1 aliphatic rings. The normalized spacial score (nSPS) is 14.8. The van der Waals surface area contributed by atoms with Crippen LogP contribution in [-0.4, -0.2) is 45.1 Å². The first kappa shape index (κ1) is 27.2. The van der Waals surface area contributed by atoms with Crippen molar-refractivity contribution in [1.82, 2.24) is 20.0 Å². The standard InChI is InChI=1S/C13H17F3N2O2.C7H7F3N2O2/c1-2-20-12(19)10-8-18(9-6-4-3-5-7-9)17-11(10)13(14,15)16;1-2-14-6(13)4-3-11-12-5(4)7(8,9)10/h8-9H,2-7H2,1H3;3H,2H2,1H3,(H,11,12). The lowest BCUT2D eigenvalue weighted by Gasteiger charge is -2.21. The van der Waals surface area contributed by atoms with Crippen molar-refractivity contribution in [2.24, 2.45) is 0 Å². The van der Waals surface area contributed by atoms with Crippen molar-refractivity contribution in [3.63, 3.8) is 0 Å². The average molecular weight is 498 g/mol. The van der Waals surface area contributed by atoms with E-state index in [0.717, 1.165) is 38.3 Å². The minimum atomic E-state index is -4.65. The van der Waals surface area contributed by atoms with Crippen LogP contribution in [0.3, 0.4) is 0 Å². The zero-order valence-electron chi connectivity index (χ0n) is 18.4. The fourth-order valence-corrected chi connectivity index (χ4v) is 3.36. The van der Waals surface area contributed by atoms with E-state index >= 15 is 0 Å². The minimum Gasteiger partial charge on any atom is -0.462 e. The molecule has 1 aliphatic carbocycles. The first-order valence-corrected chi connectivity index (χ1v) is 10.5. The van der Waals surface area contributed by atoms with Gasteiger partial charge in [-0.25, -0.2) is 9.59 Å². The highest BCUT2D eigenvalue weighted by molar-refractivity contribution is 5.91. The van der Waals surface area contributed by atoms with E-state index in [9.17, 15) is 35.9 Å². The van der Waals surface area contributed by atoms with Gasteiger partial charge in [-0.3, -0.25) is 9.78 Å². The van der Waals surface area contributed by atoms with E-state index in [2.05, 4.69) is 19.7 Å². The van der Waals surface area contributed by atoms with Gasteiger partial charge >= 0.3 is 24.3 Å². The summed E-state index contributed by atoms with van der Waals surface area (Å²) in [5.74, 6) is -2.00. The third kappa shape index (κ3) is 6.97. The second-order valence-electron chi connectivity index (χ2n) is 7.26. The van der Waals surface area contributed by atoms with Gasteiger partial charge in [-0.15, -0.1) is 0 Å². The smallest absolute Gasteiger partial charge is 0.436 e. The average Bonchev–Trinajstić information content (AvgIpc) is 3.43. The lowest BCUT2D eigenvalue weighted by molar-refractivity contribution is -0.142. The Kier molecular flexibility index (Phi) is 9.10. The third-order valence-corrected chi connectivity index (χ3v) is 4.86. The molecular formula is C20H24F6N4O4. The van der Waals surface area contributed by atoms with Gasteiger partial charge in [0.1, 0.15) is 11.1 Å². The molecule has 0 atom stereocenters. The van der Waals surface area contributed by atoms with Crippen molar-refractivity contribution < 1.29 is 45.4 Å². The number of esters is 2. The van der Waals surface area contributed by atoms with Crippen LogP contribution in [0.25, 0.3) is 0 Å². The van der Waals surface area contributed by atoms with Crippen molar-refractivity contribution in [3.05, 3.63) is 34.9 Å². The van der Waals surface area contributed by atoms with Crippen molar-refractivity contribution in [1.29, 1.82) is 0 Å². The molecule has 1 saturated carbocycles. The Morgan fingerprint density at radius 3 is 2.03 bits per heavy atom. The summed E-state index contributed by atoms with van der Waals surface area (Å²) >= 11 is 0. The van der Waals surface area contributed by atoms with E-state index in [4.69, 9.17) is 0 Å². The molecule has 14 heteroatoms. The summed E-state index contributed by atoms with van der Waals surface area (Å²) in [6, 6.07) is -0.0620. The highest BCUT2D eigenvalue weighted by Gasteiger charge is 2.40. The van der Waals surface area contributed by atoms with Crippen molar-refractivity contribution in [3.8, 4) is 0 Å². The Labute approximate surface area is 190 Å². The maximum atomic E-state index is 12.9. The van der Waals surface area contributed by atoms with Crippen LogP contribution < -0.4 is 0 Å². The lowest BCUT2D eigenvalue weighted by Crippen LogP contribution is -2.16. The second kappa shape index (κ2) is 11.4. The number of carbonyl (C=O) groups excluding carboxylic acids is 2. The molecule has 0 amide bonds. The molecule has 0 saturated heterocycles. The fraction of sp³-hybridized carbons (Fsp3) is 0.600. The predicted octanol–water partition coefficient (Wildman–Crippen LogP) is 5.19. The Hall–Kier alpha value is -3.06. The Morgan fingerprint density at radius 1 is 0.971 bits per heavy atom. The van der Waals surface area contributed by atoms with E-state index in [-0.39, 0.29) is 19.3 Å². The number of hydrogen-bond donors (Lipinski definition) is 1. The predicted molar refractivity (Wildman–Crippen MR) is 105 cm³/mol. The number of alkyl halides is 6. The van der Waals surface area contributed by atoms with Crippen molar-refractivity contribution >= 4 is 11.9 Å². The largest absolute Gasteiger partial charge is 0.462 e. The quantitative estimate of drug-likeness (QED) is 0.450. The van der Waals surface area contributed by atoms with Crippen LogP contribution >= 0.6 is 0 Å². The number of halogens is 6. The van der Waals surface area contributed by atoms with Gasteiger partial charge in [-0.2, -0.15) is 36.5 Å². The topological polar surface area (TPSA) is 99.1 Å². The number of nitrogens with one attached hydrogen (secondary N) is 1. The zero-order chi connectivity index (χ0) is 25.5. The summed E-state index contributed by atoms with van der Waals surface area (Å²) in [5, 5.41) is 8.45. The highest BCUT2D eigenvalue weighted by Crippen LogP contribution is 2.34. The maximum Gasteiger partial charge on any atom is 0.436 e. The van der Waals surface area contributed by atoms with Crippen LogP contribution in [0.15, 0.2) is 12.4 Å². The molecule has 0 aliphatic heterocycles. The molecule has 0 bridgehead atoms. The molecule has 2 aromatic heterocycles. The second-order valence-corrected chi connectivity index (χ2v) is 7.26. The van der Waals surface area contributed by atoms with Crippen LogP contribution in [0, 0.1) is 0 Å². The molecular weight excluding hydrogens is 474 g/mol. The van der Waals surface area contributed by atoms with E-state index < -0.39 is 46.8 Å². The van der Waals surface area contributed by atoms with Crippen molar-refractivity contribution in [2.45, 2.75) is 64.3 Å². The summed E-state index contributed by atoms with van der Waals surface area (Å²) in [6.45, 7) is 3.11. The number of hydrogen-bond acceptors (Lipinski definition) is 6. The molecule has 34 heavy (non-hydrogen) atoms. The van der Waals surface area contributed by atoms with Gasteiger partial charge in [-0.05, 0) is 26.7 Å².